The van der Waals surface area contributed by atoms with Crippen LogP contribution in [0.2, 0.25) is 0 Å². The molecule has 0 atom stereocenters. The topological polar surface area (TPSA) is 99.1 Å². The second-order valence-electron chi connectivity index (χ2n) is 4.95. The number of methoxy groups -OCH3 is 2. The van der Waals surface area contributed by atoms with Gasteiger partial charge in [-0.3, -0.25) is 5.21 Å². The molecule has 2 rings (SSSR count). The molecule has 0 aliphatic rings. The van der Waals surface area contributed by atoms with Gasteiger partial charge in [-0.2, -0.15) is 0 Å². The van der Waals surface area contributed by atoms with E-state index in [0.29, 0.717) is 11.1 Å². The summed E-state index contributed by atoms with van der Waals surface area (Å²) in [5.74, 6) is -1.21. The molecule has 0 aliphatic heterocycles. The van der Waals surface area contributed by atoms with E-state index in [9.17, 15) is 14.8 Å². The molecule has 25 heavy (non-hydrogen) atoms. The van der Waals surface area contributed by atoms with Gasteiger partial charge in [0.25, 0.3) is 0 Å². The lowest BCUT2D eigenvalue weighted by atomic mass is 9.97. The molecule has 0 saturated heterocycles. The number of carbonyl (C=O) groups is 2. The van der Waals surface area contributed by atoms with Crippen molar-refractivity contribution in [1.82, 2.24) is 0 Å². The molecule has 0 fully saturated rings. The van der Waals surface area contributed by atoms with Crippen molar-refractivity contribution in [3.05, 3.63) is 70.4 Å². The third kappa shape index (κ3) is 4.23. The highest BCUT2D eigenvalue weighted by molar-refractivity contribution is 6.23. The van der Waals surface area contributed by atoms with E-state index in [1.807, 2.05) is 0 Å². The van der Waals surface area contributed by atoms with Crippen molar-refractivity contribution in [1.29, 1.82) is 0 Å². The van der Waals surface area contributed by atoms with Crippen molar-refractivity contribution in [2.24, 2.45) is 0 Å². The summed E-state index contributed by atoms with van der Waals surface area (Å²) >= 11 is 0. The van der Waals surface area contributed by atoms with E-state index in [1.165, 1.54) is 32.4 Å². The molecular formula is C18H16NO6-. The normalized spacial score (nSPS) is 11.0. The molecule has 7 heteroatoms. The fraction of sp³-hybridized carbons (Fsp3) is 0.111. The number of hydrogen-bond donors (Lipinski definition) is 1. The number of rotatable bonds is 5. The maximum absolute atomic E-state index is 12.2. The van der Waals surface area contributed by atoms with Crippen molar-refractivity contribution in [2.45, 2.75) is 0 Å². The van der Waals surface area contributed by atoms with Crippen LogP contribution in [-0.2, 0) is 14.3 Å². The molecule has 0 unspecified atom stereocenters. The zero-order valence-electron chi connectivity index (χ0n) is 13.6. The summed E-state index contributed by atoms with van der Waals surface area (Å²) in [7, 11) is 2.49. The summed E-state index contributed by atoms with van der Waals surface area (Å²) in [5, 5.41) is 19.4. The van der Waals surface area contributed by atoms with Crippen LogP contribution in [0.25, 0.3) is 11.6 Å². The number of benzene rings is 2. The van der Waals surface area contributed by atoms with E-state index >= 15 is 0 Å². The molecule has 130 valence electrons. The average Bonchev–Trinajstić information content (AvgIpc) is 2.65. The fourth-order valence-electron chi connectivity index (χ4n) is 2.23. The molecule has 0 amide bonds. The first-order chi connectivity index (χ1) is 12.0. The van der Waals surface area contributed by atoms with Crippen molar-refractivity contribution >= 4 is 29.3 Å². The van der Waals surface area contributed by atoms with E-state index in [4.69, 9.17) is 14.7 Å². The van der Waals surface area contributed by atoms with E-state index in [0.717, 1.165) is 0 Å². The van der Waals surface area contributed by atoms with E-state index in [2.05, 4.69) is 0 Å². The van der Waals surface area contributed by atoms with Crippen LogP contribution in [0.4, 0.5) is 5.69 Å². The largest absolute Gasteiger partial charge is 0.733 e. The molecule has 2 aromatic rings. The first-order valence-corrected chi connectivity index (χ1v) is 7.22. The predicted molar refractivity (Wildman–Crippen MR) is 91.7 cm³/mol. The van der Waals surface area contributed by atoms with Crippen LogP contribution in [0, 0.1) is 5.21 Å². The van der Waals surface area contributed by atoms with Gasteiger partial charge in [0.15, 0.2) is 0 Å². The van der Waals surface area contributed by atoms with Gasteiger partial charge >= 0.3 is 11.9 Å². The van der Waals surface area contributed by atoms with Crippen LogP contribution in [0.5, 0.6) is 0 Å². The average molecular weight is 342 g/mol. The number of anilines is 1. The zero-order valence-corrected chi connectivity index (χ0v) is 13.6. The Morgan fingerprint density at radius 3 is 2.12 bits per heavy atom. The van der Waals surface area contributed by atoms with Crippen LogP contribution in [0.15, 0.2) is 48.5 Å². The number of ether oxygens (including phenoxy) is 2. The first-order valence-electron chi connectivity index (χ1n) is 7.22. The standard InChI is InChI=1S/C18H16NO6/c1-24-17(20)15-6-4-3-5-14(15)16(18(21)25-2)11-12-7-9-13(10-8-12)19(22)23/h3-11,22H,1-2H3/q-1. The van der Waals surface area contributed by atoms with Crippen molar-refractivity contribution < 1.29 is 24.3 Å². The maximum atomic E-state index is 12.2. The molecule has 0 saturated carbocycles. The van der Waals surface area contributed by atoms with Gasteiger partial charge in [0, 0.05) is 5.56 Å². The Bertz CT molecular complexity index is 795. The monoisotopic (exact) mass is 342 g/mol. The molecule has 0 aromatic heterocycles. The summed E-state index contributed by atoms with van der Waals surface area (Å²) < 4.78 is 9.56. The first kappa shape index (κ1) is 18.2. The molecular weight excluding hydrogens is 326 g/mol. The second kappa shape index (κ2) is 8.09. The van der Waals surface area contributed by atoms with Crippen LogP contribution in [-0.4, -0.2) is 31.4 Å². The lowest BCUT2D eigenvalue weighted by Gasteiger charge is -2.21. The third-order valence-corrected chi connectivity index (χ3v) is 3.45. The van der Waals surface area contributed by atoms with Gasteiger partial charge in [0.1, 0.15) is 0 Å². The second-order valence-corrected chi connectivity index (χ2v) is 4.95. The minimum atomic E-state index is -0.631. The Hall–Kier alpha value is -3.16. The smallest absolute Gasteiger partial charge is 0.338 e. The van der Waals surface area contributed by atoms with Crippen molar-refractivity contribution in [2.75, 3.05) is 19.4 Å². The quantitative estimate of drug-likeness (QED) is 0.386. The molecule has 0 radical (unpaired) electrons. The molecule has 0 heterocycles. The highest BCUT2D eigenvalue weighted by atomic mass is 16.8. The highest BCUT2D eigenvalue weighted by Gasteiger charge is 2.20. The van der Waals surface area contributed by atoms with Crippen LogP contribution in [0.1, 0.15) is 21.5 Å². The SMILES string of the molecule is COC(=O)C(=Cc1ccc(N([O-])O)cc1)c1ccccc1C(=O)OC. The van der Waals surface area contributed by atoms with Crippen LogP contribution >= 0.6 is 0 Å². The number of carbonyl (C=O) groups excluding carboxylic acids is 2. The van der Waals surface area contributed by atoms with Crippen LogP contribution < -0.4 is 5.23 Å². The summed E-state index contributed by atoms with van der Waals surface area (Å²) in [6.45, 7) is 0. The highest BCUT2D eigenvalue weighted by Crippen LogP contribution is 2.25. The molecule has 0 spiro atoms. The van der Waals surface area contributed by atoms with E-state index in [-0.39, 0.29) is 22.1 Å². The lowest BCUT2D eigenvalue weighted by molar-refractivity contribution is -0.133. The number of hydrogen-bond acceptors (Lipinski definition) is 7. The Balaban J connectivity index is 2.54. The summed E-state index contributed by atoms with van der Waals surface area (Å²) in [6, 6.07) is 12.4. The van der Waals surface area contributed by atoms with Crippen molar-refractivity contribution in [3.8, 4) is 0 Å². The Kier molecular flexibility index (Phi) is 5.89. The molecule has 0 aliphatic carbocycles. The Morgan fingerprint density at radius 2 is 1.60 bits per heavy atom. The van der Waals surface area contributed by atoms with Crippen LogP contribution in [0.3, 0.4) is 0 Å². The number of nitrogens with zero attached hydrogens (tertiary/aromatic N) is 1. The third-order valence-electron chi connectivity index (χ3n) is 3.45. The fourth-order valence-corrected chi connectivity index (χ4v) is 2.23. The van der Waals surface area contributed by atoms with Gasteiger partial charge in [-0.15, -0.1) is 0 Å². The van der Waals surface area contributed by atoms with Crippen molar-refractivity contribution in [3.63, 3.8) is 0 Å². The minimum absolute atomic E-state index is 0.0479. The molecule has 7 nitrogen and oxygen atoms in total. The van der Waals surface area contributed by atoms with Gasteiger partial charge in [0.05, 0.1) is 31.0 Å². The van der Waals surface area contributed by atoms with Gasteiger partial charge < -0.3 is 19.9 Å². The summed E-state index contributed by atoms with van der Waals surface area (Å²) in [6.07, 6.45) is 1.52. The molecule has 1 N–H and O–H groups in total. The lowest BCUT2D eigenvalue weighted by Crippen LogP contribution is -2.10. The zero-order chi connectivity index (χ0) is 18.4. The minimum Gasteiger partial charge on any atom is -0.733 e. The summed E-state index contributed by atoms with van der Waals surface area (Å²) in [4.78, 5) is 24.2. The Labute approximate surface area is 144 Å². The van der Waals surface area contributed by atoms with Gasteiger partial charge in [-0.1, -0.05) is 30.3 Å². The van der Waals surface area contributed by atoms with Gasteiger partial charge in [-0.25, -0.2) is 9.59 Å². The predicted octanol–water partition coefficient (Wildman–Crippen LogP) is 2.88. The maximum Gasteiger partial charge on any atom is 0.338 e. The van der Waals surface area contributed by atoms with Gasteiger partial charge in [-0.05, 0) is 29.8 Å². The number of esters is 2. The Morgan fingerprint density at radius 1 is 1.00 bits per heavy atom. The summed E-state index contributed by atoms with van der Waals surface area (Å²) in [5.41, 5.74) is 1.36. The molecule has 0 bridgehead atoms. The van der Waals surface area contributed by atoms with Gasteiger partial charge in [0.2, 0.25) is 0 Å². The van der Waals surface area contributed by atoms with E-state index in [1.54, 1.807) is 36.4 Å². The molecule has 2 aromatic carbocycles. The van der Waals surface area contributed by atoms with E-state index < -0.39 is 11.9 Å².